The number of rotatable bonds is 5. The highest BCUT2D eigenvalue weighted by Gasteiger charge is 2.47. The Morgan fingerprint density at radius 3 is 2.25 bits per heavy atom. The number of dihydropyridines is 1. The van der Waals surface area contributed by atoms with Gasteiger partial charge in [0.15, 0.2) is 0 Å². The summed E-state index contributed by atoms with van der Waals surface area (Å²) in [7, 11) is -4.53. The summed E-state index contributed by atoms with van der Waals surface area (Å²) in [6.07, 6.45) is -5.06. The molecular formula is C23H20F6N4O2S. The monoisotopic (exact) mass is 530 g/mol. The molecule has 1 aromatic heterocycles. The summed E-state index contributed by atoms with van der Waals surface area (Å²) in [6, 6.07) is 8.80. The lowest BCUT2D eigenvalue weighted by atomic mass is 9.96. The molecule has 36 heavy (non-hydrogen) atoms. The number of hydrogen-bond donors (Lipinski definition) is 2. The minimum absolute atomic E-state index is 0.202. The van der Waals surface area contributed by atoms with Crippen LogP contribution in [0.15, 0.2) is 83.1 Å². The van der Waals surface area contributed by atoms with E-state index in [1.165, 1.54) is 12.1 Å². The third-order valence-corrected chi connectivity index (χ3v) is 7.36. The van der Waals surface area contributed by atoms with Gasteiger partial charge in [0, 0.05) is 23.7 Å². The summed E-state index contributed by atoms with van der Waals surface area (Å²) < 4.78 is 105. The van der Waals surface area contributed by atoms with Crippen LogP contribution in [0, 0.1) is 0 Å². The minimum atomic E-state index is -4.78. The molecule has 1 unspecified atom stereocenters. The van der Waals surface area contributed by atoms with Gasteiger partial charge < -0.3 is 10.2 Å². The van der Waals surface area contributed by atoms with Gasteiger partial charge in [-0.1, -0.05) is 18.2 Å². The average molecular weight is 530 g/mol. The molecule has 0 saturated carbocycles. The summed E-state index contributed by atoms with van der Waals surface area (Å²) in [5.74, 6) is 0. The first kappa shape index (κ1) is 25.8. The zero-order valence-electron chi connectivity index (χ0n) is 18.8. The molecule has 2 N–H and O–H groups in total. The summed E-state index contributed by atoms with van der Waals surface area (Å²) in [5, 5.41) is 2.82. The Balaban J connectivity index is 1.74. The molecule has 3 heterocycles. The van der Waals surface area contributed by atoms with Crippen molar-refractivity contribution in [1.82, 2.24) is 15.0 Å². The van der Waals surface area contributed by atoms with E-state index in [1.54, 1.807) is 46.9 Å². The zero-order chi connectivity index (χ0) is 26.5. The fourth-order valence-corrected chi connectivity index (χ4v) is 5.04. The molecule has 2 aliphatic rings. The number of pyridine rings is 1. The molecule has 0 bridgehead atoms. The second kappa shape index (κ2) is 8.66. The Bertz CT molecular complexity index is 1350. The summed E-state index contributed by atoms with van der Waals surface area (Å²) in [6.45, 7) is 2.35. The number of sulfonamides is 1. The van der Waals surface area contributed by atoms with E-state index in [0.29, 0.717) is 18.3 Å². The third-order valence-electron chi connectivity index (χ3n) is 5.84. The van der Waals surface area contributed by atoms with Gasteiger partial charge in [0.25, 0.3) is 0 Å². The van der Waals surface area contributed by atoms with Crippen LogP contribution in [0.25, 0.3) is 5.70 Å². The van der Waals surface area contributed by atoms with Crippen molar-refractivity contribution in [2.45, 2.75) is 42.8 Å². The van der Waals surface area contributed by atoms with Crippen LogP contribution in [0.2, 0.25) is 0 Å². The number of benzene rings is 1. The van der Waals surface area contributed by atoms with Crippen LogP contribution >= 0.6 is 0 Å². The SMILES string of the molecule is C[C@H](NS(=O)(=O)c1ccc(C2=CC3=CC(C(F)(F)F)=CNC3(C)N2c2ccccc2)nc1)C(F)(F)F. The van der Waals surface area contributed by atoms with Gasteiger partial charge in [0.05, 0.1) is 17.0 Å². The highest BCUT2D eigenvalue weighted by atomic mass is 32.2. The molecule has 0 amide bonds. The summed E-state index contributed by atoms with van der Waals surface area (Å²) >= 11 is 0. The number of nitrogens with one attached hydrogen (secondary N) is 2. The maximum Gasteiger partial charge on any atom is 0.417 e. The molecule has 2 aliphatic heterocycles. The van der Waals surface area contributed by atoms with E-state index in [0.717, 1.165) is 24.5 Å². The van der Waals surface area contributed by atoms with E-state index in [-0.39, 0.29) is 11.3 Å². The number of hydrogen-bond acceptors (Lipinski definition) is 5. The van der Waals surface area contributed by atoms with E-state index in [9.17, 15) is 34.8 Å². The van der Waals surface area contributed by atoms with Crippen LogP contribution in [0.3, 0.4) is 0 Å². The molecule has 4 rings (SSSR count). The normalized spacial score (nSPS) is 21.2. The van der Waals surface area contributed by atoms with Crippen molar-refractivity contribution in [2.24, 2.45) is 0 Å². The average Bonchev–Trinajstić information content (AvgIpc) is 3.10. The third kappa shape index (κ3) is 4.72. The topological polar surface area (TPSA) is 74.3 Å². The lowest BCUT2D eigenvalue weighted by Gasteiger charge is -2.41. The van der Waals surface area contributed by atoms with Crippen LogP contribution < -0.4 is 14.9 Å². The highest BCUT2D eigenvalue weighted by molar-refractivity contribution is 7.89. The highest BCUT2D eigenvalue weighted by Crippen LogP contribution is 2.45. The fourth-order valence-electron chi connectivity index (χ4n) is 3.86. The van der Waals surface area contributed by atoms with Gasteiger partial charge in [-0.15, -0.1) is 0 Å². The molecule has 1 aromatic carbocycles. The lowest BCUT2D eigenvalue weighted by Crippen LogP contribution is -2.54. The predicted molar refractivity (Wildman–Crippen MR) is 121 cm³/mol. The molecule has 2 atom stereocenters. The standard InChI is InChI=1S/C23H20F6N4O2S/c1-14(22(24,25)26)32-36(34,35)18-8-9-19(30-13-18)20-11-15-10-16(23(27,28)29)12-31-21(15,2)33(20)17-6-4-3-5-7-17/h3-14,31-32H,1-2H3/t14-,21?/m0/s1. The van der Waals surface area contributed by atoms with Crippen LogP contribution in [0.1, 0.15) is 19.5 Å². The molecule has 0 aliphatic carbocycles. The van der Waals surface area contributed by atoms with Gasteiger partial charge in [-0.05, 0) is 50.3 Å². The van der Waals surface area contributed by atoms with Gasteiger partial charge in [0.2, 0.25) is 10.0 Å². The number of para-hydroxylation sites is 1. The van der Waals surface area contributed by atoms with Gasteiger partial charge in [-0.25, -0.2) is 8.42 Å². The Hall–Kier alpha value is -3.32. The van der Waals surface area contributed by atoms with Crippen molar-refractivity contribution in [3.8, 4) is 0 Å². The first-order chi connectivity index (χ1) is 16.6. The predicted octanol–water partition coefficient (Wildman–Crippen LogP) is 4.86. The van der Waals surface area contributed by atoms with E-state index in [4.69, 9.17) is 0 Å². The second-order valence-electron chi connectivity index (χ2n) is 8.38. The van der Waals surface area contributed by atoms with Crippen LogP contribution in [0.5, 0.6) is 0 Å². The first-order valence-corrected chi connectivity index (χ1v) is 12.0. The molecule has 0 spiro atoms. The number of nitrogens with zero attached hydrogens (tertiary/aromatic N) is 2. The maximum absolute atomic E-state index is 13.4. The van der Waals surface area contributed by atoms with Crippen LogP contribution in [-0.4, -0.2) is 37.5 Å². The Morgan fingerprint density at radius 1 is 1.03 bits per heavy atom. The molecule has 13 heteroatoms. The van der Waals surface area contributed by atoms with E-state index in [1.807, 2.05) is 0 Å². The minimum Gasteiger partial charge on any atom is -0.364 e. The summed E-state index contributed by atoms with van der Waals surface area (Å²) in [5.41, 5.74) is -0.532. The van der Waals surface area contributed by atoms with Gasteiger partial charge >= 0.3 is 12.4 Å². The molecule has 0 radical (unpaired) electrons. The van der Waals surface area contributed by atoms with Crippen LogP contribution in [0.4, 0.5) is 32.0 Å². The molecule has 0 fully saturated rings. The van der Waals surface area contributed by atoms with Gasteiger partial charge in [0.1, 0.15) is 16.6 Å². The van der Waals surface area contributed by atoms with Crippen LogP contribution in [-0.2, 0) is 10.0 Å². The molecule has 0 saturated heterocycles. The quantitative estimate of drug-likeness (QED) is 0.540. The van der Waals surface area contributed by atoms with Crippen molar-refractivity contribution in [3.63, 3.8) is 0 Å². The van der Waals surface area contributed by atoms with Crippen molar-refractivity contribution in [1.29, 1.82) is 0 Å². The van der Waals surface area contributed by atoms with Gasteiger partial charge in [-0.3, -0.25) is 4.98 Å². The molecule has 2 aromatic rings. The number of alkyl halides is 6. The van der Waals surface area contributed by atoms with Crippen molar-refractivity contribution in [3.05, 3.63) is 83.9 Å². The van der Waals surface area contributed by atoms with E-state index in [2.05, 4.69) is 10.3 Å². The Labute approximate surface area is 203 Å². The number of halogens is 6. The fraction of sp³-hybridized carbons (Fsp3) is 0.261. The number of aromatic nitrogens is 1. The smallest absolute Gasteiger partial charge is 0.364 e. The van der Waals surface area contributed by atoms with E-state index < -0.39 is 44.5 Å². The number of anilines is 1. The maximum atomic E-state index is 13.4. The molecule has 6 nitrogen and oxygen atoms in total. The van der Waals surface area contributed by atoms with Crippen molar-refractivity contribution >= 4 is 21.4 Å². The largest absolute Gasteiger partial charge is 0.417 e. The molecule has 192 valence electrons. The van der Waals surface area contributed by atoms with Crippen molar-refractivity contribution in [2.75, 3.05) is 4.90 Å². The second-order valence-corrected chi connectivity index (χ2v) is 10.1. The van der Waals surface area contributed by atoms with E-state index >= 15 is 0 Å². The zero-order valence-corrected chi connectivity index (χ0v) is 19.6. The Kier molecular flexibility index (Phi) is 6.20. The van der Waals surface area contributed by atoms with Crippen molar-refractivity contribution < 1.29 is 34.8 Å². The molecular weight excluding hydrogens is 510 g/mol. The number of fused-ring (bicyclic) bond motifs is 1. The lowest BCUT2D eigenvalue weighted by molar-refractivity contribution is -0.147. The summed E-state index contributed by atoms with van der Waals surface area (Å²) in [4.78, 5) is 5.34. The first-order valence-electron chi connectivity index (χ1n) is 10.5. The van der Waals surface area contributed by atoms with Gasteiger partial charge in [-0.2, -0.15) is 31.1 Å². The Morgan fingerprint density at radius 2 is 1.69 bits per heavy atom. The number of allylic oxidation sites excluding steroid dienone is 2.